The van der Waals surface area contributed by atoms with Crippen molar-refractivity contribution in [3.63, 3.8) is 0 Å². The number of ether oxygens (including phenoxy) is 1. The highest BCUT2D eigenvalue weighted by Gasteiger charge is 2.31. The van der Waals surface area contributed by atoms with Crippen LogP contribution in [-0.4, -0.2) is 63.3 Å². The molecule has 0 spiro atoms. The number of carbonyl (C=O) groups excluding carboxylic acids is 1. The minimum Gasteiger partial charge on any atom is -0.481 e. The third-order valence-electron chi connectivity index (χ3n) is 7.15. The minimum atomic E-state index is -5.30. The molecule has 39 heavy (non-hydrogen) atoms. The molecule has 1 saturated heterocycles. The third-order valence-corrected chi connectivity index (χ3v) is 7.53. The molecule has 0 bridgehead atoms. The second-order valence-corrected chi connectivity index (χ2v) is 10.5. The first kappa shape index (κ1) is 26.5. The lowest BCUT2D eigenvalue weighted by atomic mass is 9.98. The number of aliphatic carboxylic acids is 1. The van der Waals surface area contributed by atoms with Gasteiger partial charge in [0, 0.05) is 43.3 Å². The molecule has 5 rings (SSSR count). The number of anilines is 1. The zero-order chi connectivity index (χ0) is 27.7. The quantitative estimate of drug-likeness (QED) is 0.431. The van der Waals surface area contributed by atoms with E-state index >= 15 is 0 Å². The van der Waals surface area contributed by atoms with Crippen LogP contribution in [0.1, 0.15) is 28.2 Å². The lowest BCUT2D eigenvalue weighted by Crippen LogP contribution is -2.49. The van der Waals surface area contributed by atoms with Gasteiger partial charge in [-0.2, -0.15) is 8.42 Å². The minimum absolute atomic E-state index is 0.0486. The van der Waals surface area contributed by atoms with Gasteiger partial charge in [0.05, 0.1) is 6.42 Å². The van der Waals surface area contributed by atoms with Crippen LogP contribution in [0.3, 0.4) is 0 Å². The number of carboxylic acid groups (broad SMARTS) is 1. The first-order chi connectivity index (χ1) is 18.6. The van der Waals surface area contributed by atoms with Gasteiger partial charge in [0.15, 0.2) is 5.75 Å². The van der Waals surface area contributed by atoms with Crippen LogP contribution >= 0.6 is 0 Å². The highest BCUT2D eigenvalue weighted by molar-refractivity contribution is 7.81. The molecule has 0 aromatic heterocycles. The molecule has 1 aliphatic carbocycles. The Balaban J connectivity index is 1.26. The summed E-state index contributed by atoms with van der Waals surface area (Å²) in [6.07, 6.45) is -0.823. The number of hydrogen-bond donors (Lipinski definition) is 1. The zero-order valence-corrected chi connectivity index (χ0v) is 22.0. The third kappa shape index (κ3) is 5.68. The number of carbonyl (C=O) groups is 2. The molecule has 9 nitrogen and oxygen atoms in total. The molecule has 0 atom stereocenters. The summed E-state index contributed by atoms with van der Waals surface area (Å²) in [5, 5.41) is 9.19. The Bertz CT molecular complexity index is 1490. The van der Waals surface area contributed by atoms with Crippen LogP contribution in [0.15, 0.2) is 60.7 Å². The van der Waals surface area contributed by atoms with E-state index in [0.29, 0.717) is 37.4 Å². The molecule has 1 amide bonds. The predicted molar refractivity (Wildman–Crippen MR) is 142 cm³/mol. The van der Waals surface area contributed by atoms with Crippen molar-refractivity contribution in [2.75, 3.05) is 37.7 Å². The Hall–Kier alpha value is -4.12. The normalized spacial score (nSPS) is 15.0. The zero-order valence-electron chi connectivity index (χ0n) is 21.2. The molecule has 3 aromatic rings. The molecule has 1 fully saturated rings. The Labute approximate surface area is 225 Å². The van der Waals surface area contributed by atoms with Crippen LogP contribution in [0, 0.1) is 6.92 Å². The van der Waals surface area contributed by atoms with Gasteiger partial charge >= 0.3 is 22.6 Å². The molecule has 204 valence electrons. The molecular formula is C28H27FN2O7S. The second kappa shape index (κ2) is 10.6. The molecule has 11 heteroatoms. The van der Waals surface area contributed by atoms with Crippen LogP contribution in [0.5, 0.6) is 5.75 Å². The monoisotopic (exact) mass is 554 g/mol. The average molecular weight is 555 g/mol. The fourth-order valence-corrected chi connectivity index (χ4v) is 5.73. The van der Waals surface area contributed by atoms with E-state index in [1.807, 2.05) is 29.2 Å². The van der Waals surface area contributed by atoms with Gasteiger partial charge in [0.25, 0.3) is 0 Å². The molecule has 1 N–H and O–H groups in total. The first-order valence-corrected chi connectivity index (χ1v) is 13.8. The fourth-order valence-electron chi connectivity index (χ4n) is 5.34. The van der Waals surface area contributed by atoms with E-state index in [2.05, 4.69) is 28.4 Å². The van der Waals surface area contributed by atoms with E-state index in [1.165, 1.54) is 6.07 Å². The highest BCUT2D eigenvalue weighted by Crippen LogP contribution is 2.44. The number of hydrogen-bond acceptors (Lipinski definition) is 7. The van der Waals surface area contributed by atoms with E-state index < -0.39 is 29.0 Å². The van der Waals surface area contributed by atoms with Crippen molar-refractivity contribution >= 4 is 28.3 Å². The Morgan fingerprint density at radius 3 is 2.13 bits per heavy atom. The van der Waals surface area contributed by atoms with E-state index in [1.54, 1.807) is 17.9 Å². The molecule has 3 aromatic carbocycles. The molecule has 0 unspecified atom stereocenters. The van der Waals surface area contributed by atoms with Gasteiger partial charge in [-0.15, -0.1) is 0 Å². The van der Waals surface area contributed by atoms with Crippen molar-refractivity contribution in [1.29, 1.82) is 0 Å². The van der Waals surface area contributed by atoms with Gasteiger partial charge < -0.3 is 23.8 Å². The number of fused-ring (bicyclic) bond motifs is 3. The maximum Gasteiger partial charge on any atom is 0.488 e. The van der Waals surface area contributed by atoms with Crippen molar-refractivity contribution in [1.82, 2.24) is 4.90 Å². The summed E-state index contributed by atoms with van der Waals surface area (Å²) in [6, 6.07) is 19.0. The Morgan fingerprint density at radius 2 is 1.56 bits per heavy atom. The summed E-state index contributed by atoms with van der Waals surface area (Å²) in [6.45, 7) is 3.20. The van der Waals surface area contributed by atoms with E-state index in [4.69, 9.17) is 4.74 Å². The van der Waals surface area contributed by atoms with Crippen LogP contribution < -0.4 is 9.08 Å². The van der Waals surface area contributed by atoms with Crippen LogP contribution in [0.4, 0.5) is 14.4 Å². The maximum absolute atomic E-state index is 13.3. The van der Waals surface area contributed by atoms with E-state index in [0.717, 1.165) is 22.3 Å². The number of halogens is 1. The van der Waals surface area contributed by atoms with E-state index in [-0.39, 0.29) is 23.8 Å². The number of piperazine rings is 1. The molecular weight excluding hydrogens is 527 g/mol. The van der Waals surface area contributed by atoms with Crippen molar-refractivity contribution in [2.45, 2.75) is 19.3 Å². The highest BCUT2D eigenvalue weighted by atomic mass is 32.3. The van der Waals surface area contributed by atoms with Gasteiger partial charge in [-0.25, -0.2) is 4.79 Å². The number of nitrogens with zero attached hydrogens (tertiary/aromatic N) is 2. The van der Waals surface area contributed by atoms with Gasteiger partial charge in [-0.1, -0.05) is 52.4 Å². The van der Waals surface area contributed by atoms with Gasteiger partial charge in [-0.05, 0) is 46.9 Å². The van der Waals surface area contributed by atoms with Gasteiger partial charge in [0.1, 0.15) is 6.61 Å². The largest absolute Gasteiger partial charge is 0.488 e. The number of carboxylic acids is 1. The molecule has 1 heterocycles. The summed E-state index contributed by atoms with van der Waals surface area (Å²) >= 11 is 0. The topological polar surface area (TPSA) is 113 Å². The Kier molecular flexibility index (Phi) is 7.17. The van der Waals surface area contributed by atoms with Gasteiger partial charge in [0.2, 0.25) is 0 Å². The summed E-state index contributed by atoms with van der Waals surface area (Å²) in [5.41, 5.74) is 5.67. The number of benzene rings is 3. The van der Waals surface area contributed by atoms with Crippen molar-refractivity contribution < 1.29 is 35.9 Å². The maximum atomic E-state index is 13.3. The summed E-state index contributed by atoms with van der Waals surface area (Å²) in [4.78, 5) is 27.7. The Morgan fingerprint density at radius 1 is 0.974 bits per heavy atom. The molecule has 2 aliphatic rings. The summed E-state index contributed by atoms with van der Waals surface area (Å²) in [5.74, 6) is -1.45. The van der Waals surface area contributed by atoms with Crippen molar-refractivity contribution in [3.05, 3.63) is 82.9 Å². The SMILES string of the molecule is Cc1c(OS(=O)(=O)F)cc(CC(=O)O)cc1N1CCN(C(=O)OCC2c3ccccc3-c3ccccc32)CC1. The van der Waals surface area contributed by atoms with E-state index in [9.17, 15) is 27.0 Å². The van der Waals surface area contributed by atoms with Crippen LogP contribution in [0.2, 0.25) is 0 Å². The van der Waals surface area contributed by atoms with Crippen LogP contribution in [0.25, 0.3) is 11.1 Å². The standard InChI is InChI=1S/C28H27FN2O7S/c1-18-25(14-19(16-27(32)33)15-26(18)38-39(29,35)36)30-10-12-31(13-11-30)28(34)37-17-24-22-8-4-2-6-20(22)21-7-3-5-9-23(21)24/h2-9,14-15,24H,10-13,16-17H2,1H3,(H,32,33). The lowest BCUT2D eigenvalue weighted by Gasteiger charge is -2.36. The van der Waals surface area contributed by atoms with Crippen LogP contribution in [-0.2, 0) is 26.5 Å². The predicted octanol–water partition coefficient (Wildman–Crippen LogP) is 4.29. The van der Waals surface area contributed by atoms with Crippen molar-refractivity contribution in [3.8, 4) is 16.9 Å². The lowest BCUT2D eigenvalue weighted by molar-refractivity contribution is -0.136. The number of rotatable bonds is 7. The fraction of sp³-hybridized carbons (Fsp3) is 0.286. The smallest absolute Gasteiger partial charge is 0.481 e. The summed E-state index contributed by atoms with van der Waals surface area (Å²) < 4.78 is 45.7. The average Bonchev–Trinajstić information content (AvgIpc) is 3.22. The molecule has 0 saturated carbocycles. The summed E-state index contributed by atoms with van der Waals surface area (Å²) in [7, 11) is -5.30. The second-order valence-electron chi connectivity index (χ2n) is 9.56. The van der Waals surface area contributed by atoms with Crippen molar-refractivity contribution in [2.24, 2.45) is 0 Å². The first-order valence-electron chi connectivity index (χ1n) is 12.4. The molecule has 0 radical (unpaired) electrons. The number of amides is 1. The molecule has 1 aliphatic heterocycles. The van der Waals surface area contributed by atoms with Gasteiger partial charge in [-0.3, -0.25) is 4.79 Å².